The van der Waals surface area contributed by atoms with E-state index in [0.717, 1.165) is 25.7 Å². The fraction of sp³-hybridized carbons (Fsp3) is 0.538. The smallest absolute Gasteiger partial charge is 0.240 e. The average molecular weight is 284 g/mol. The van der Waals surface area contributed by atoms with Crippen molar-refractivity contribution in [2.75, 3.05) is 12.8 Å². The zero-order valence-electron chi connectivity index (χ0n) is 11.1. The lowest BCUT2D eigenvalue weighted by molar-refractivity contribution is 0.410. The van der Waals surface area contributed by atoms with Crippen molar-refractivity contribution in [2.24, 2.45) is 0 Å². The summed E-state index contributed by atoms with van der Waals surface area (Å²) in [6, 6.07) is 4.56. The van der Waals surface area contributed by atoms with Gasteiger partial charge in [0.2, 0.25) is 10.0 Å². The van der Waals surface area contributed by atoms with Crippen LogP contribution in [0, 0.1) is 0 Å². The van der Waals surface area contributed by atoms with Crippen molar-refractivity contribution in [3.63, 3.8) is 0 Å². The third-order valence-corrected chi connectivity index (χ3v) is 4.96. The van der Waals surface area contributed by atoms with Crippen molar-refractivity contribution >= 4 is 15.7 Å². The number of hydrogen-bond acceptors (Lipinski definition) is 4. The lowest BCUT2D eigenvalue weighted by Gasteiger charge is -2.22. The molecule has 0 aromatic heterocycles. The average Bonchev–Trinajstić information content (AvgIpc) is 2.39. The number of hydrogen-bond donors (Lipinski definition) is 2. The number of nitrogen functional groups attached to an aromatic ring is 1. The number of methoxy groups -OCH3 is 1. The first-order valence-electron chi connectivity index (χ1n) is 6.49. The van der Waals surface area contributed by atoms with Gasteiger partial charge in [-0.2, -0.15) is 0 Å². The van der Waals surface area contributed by atoms with E-state index in [1.165, 1.54) is 25.7 Å². The van der Waals surface area contributed by atoms with Crippen LogP contribution in [0.4, 0.5) is 5.69 Å². The molecule has 1 aliphatic carbocycles. The van der Waals surface area contributed by atoms with Gasteiger partial charge in [-0.1, -0.05) is 19.3 Å². The van der Waals surface area contributed by atoms with Crippen LogP contribution in [-0.2, 0) is 10.0 Å². The first-order chi connectivity index (χ1) is 9.03. The highest BCUT2D eigenvalue weighted by molar-refractivity contribution is 7.89. The molecule has 3 N–H and O–H groups in total. The number of sulfonamides is 1. The minimum atomic E-state index is -3.49. The number of rotatable bonds is 4. The number of nitrogens with one attached hydrogen (secondary N) is 1. The summed E-state index contributed by atoms with van der Waals surface area (Å²) < 4.78 is 32.4. The lowest BCUT2D eigenvalue weighted by atomic mass is 9.96. The van der Waals surface area contributed by atoms with Gasteiger partial charge in [-0.05, 0) is 25.0 Å². The fourth-order valence-electron chi connectivity index (χ4n) is 2.37. The Bertz CT molecular complexity index is 537. The van der Waals surface area contributed by atoms with Gasteiger partial charge >= 0.3 is 0 Å². The molecule has 0 unspecified atom stereocenters. The Hall–Kier alpha value is -1.27. The monoisotopic (exact) mass is 284 g/mol. The molecule has 106 valence electrons. The highest BCUT2D eigenvalue weighted by Crippen LogP contribution is 2.26. The number of anilines is 1. The zero-order chi connectivity index (χ0) is 13.9. The van der Waals surface area contributed by atoms with E-state index >= 15 is 0 Å². The van der Waals surface area contributed by atoms with Crippen LogP contribution in [0.15, 0.2) is 23.1 Å². The molecule has 0 heterocycles. The highest BCUT2D eigenvalue weighted by atomic mass is 32.2. The van der Waals surface area contributed by atoms with E-state index in [2.05, 4.69) is 4.72 Å². The maximum atomic E-state index is 12.3. The number of benzene rings is 1. The molecule has 0 bridgehead atoms. The van der Waals surface area contributed by atoms with Gasteiger partial charge in [0.25, 0.3) is 0 Å². The minimum absolute atomic E-state index is 0.0438. The Kier molecular flexibility index (Phi) is 4.31. The Balaban J connectivity index is 2.18. The summed E-state index contributed by atoms with van der Waals surface area (Å²) in [7, 11) is -2.03. The molecule has 0 aliphatic heterocycles. The van der Waals surface area contributed by atoms with Crippen molar-refractivity contribution in [1.29, 1.82) is 0 Å². The predicted molar refractivity (Wildman–Crippen MR) is 74.6 cm³/mol. The molecular formula is C13H20N2O3S. The molecule has 19 heavy (non-hydrogen) atoms. The van der Waals surface area contributed by atoms with E-state index in [1.54, 1.807) is 6.07 Å². The molecule has 0 spiro atoms. The molecule has 0 atom stereocenters. The second-order valence-corrected chi connectivity index (χ2v) is 6.57. The molecule has 5 nitrogen and oxygen atoms in total. The van der Waals surface area contributed by atoms with Crippen LogP contribution in [0.2, 0.25) is 0 Å². The Morgan fingerprint density at radius 3 is 2.58 bits per heavy atom. The highest BCUT2D eigenvalue weighted by Gasteiger charge is 2.22. The molecule has 1 fully saturated rings. The Morgan fingerprint density at radius 2 is 1.95 bits per heavy atom. The summed E-state index contributed by atoms with van der Waals surface area (Å²) in [5.41, 5.74) is 6.12. The van der Waals surface area contributed by atoms with Crippen molar-refractivity contribution in [2.45, 2.75) is 43.0 Å². The second kappa shape index (κ2) is 5.79. The Labute approximate surface area is 114 Å². The van der Waals surface area contributed by atoms with Crippen molar-refractivity contribution in [3.05, 3.63) is 18.2 Å². The van der Waals surface area contributed by atoms with Crippen LogP contribution >= 0.6 is 0 Å². The summed E-state index contributed by atoms with van der Waals surface area (Å²) in [6.07, 6.45) is 5.17. The van der Waals surface area contributed by atoms with Crippen molar-refractivity contribution in [3.8, 4) is 5.75 Å². The van der Waals surface area contributed by atoms with Gasteiger partial charge in [-0.25, -0.2) is 13.1 Å². The van der Waals surface area contributed by atoms with E-state index in [-0.39, 0.29) is 10.9 Å². The number of ether oxygens (including phenoxy) is 1. The molecule has 1 aromatic rings. The van der Waals surface area contributed by atoms with Gasteiger partial charge in [0, 0.05) is 12.1 Å². The van der Waals surface area contributed by atoms with Gasteiger partial charge in [-0.15, -0.1) is 0 Å². The van der Waals surface area contributed by atoms with E-state index < -0.39 is 10.0 Å². The standard InChI is InChI=1S/C13H20N2O3S/c1-18-13-9-11(7-8-12(13)14)19(16,17)15-10-5-3-2-4-6-10/h7-10,15H,2-6,14H2,1H3. The van der Waals surface area contributed by atoms with Gasteiger partial charge in [0.05, 0.1) is 17.7 Å². The third kappa shape index (κ3) is 3.39. The molecule has 6 heteroatoms. The summed E-state index contributed by atoms with van der Waals surface area (Å²) in [4.78, 5) is 0.198. The van der Waals surface area contributed by atoms with Crippen LogP contribution in [0.1, 0.15) is 32.1 Å². The van der Waals surface area contributed by atoms with E-state index in [4.69, 9.17) is 10.5 Å². The molecule has 1 saturated carbocycles. The zero-order valence-corrected chi connectivity index (χ0v) is 11.9. The summed E-state index contributed by atoms with van der Waals surface area (Å²) in [6.45, 7) is 0. The first kappa shape index (κ1) is 14.1. The number of nitrogens with two attached hydrogens (primary N) is 1. The van der Waals surface area contributed by atoms with Crippen LogP contribution < -0.4 is 15.2 Å². The fourth-order valence-corrected chi connectivity index (χ4v) is 3.69. The lowest BCUT2D eigenvalue weighted by Crippen LogP contribution is -2.36. The SMILES string of the molecule is COc1cc(S(=O)(=O)NC2CCCCC2)ccc1N. The minimum Gasteiger partial charge on any atom is -0.495 e. The van der Waals surface area contributed by atoms with Gasteiger partial charge in [-0.3, -0.25) is 0 Å². The van der Waals surface area contributed by atoms with Crippen LogP contribution in [0.3, 0.4) is 0 Å². The maximum Gasteiger partial charge on any atom is 0.240 e. The molecular weight excluding hydrogens is 264 g/mol. The molecule has 2 rings (SSSR count). The molecule has 1 aliphatic rings. The molecule has 0 saturated heterocycles. The third-order valence-electron chi connectivity index (χ3n) is 3.44. The van der Waals surface area contributed by atoms with Gasteiger partial charge < -0.3 is 10.5 Å². The first-order valence-corrected chi connectivity index (χ1v) is 7.97. The normalized spacial score (nSPS) is 17.3. The van der Waals surface area contributed by atoms with E-state index in [0.29, 0.717) is 11.4 Å². The largest absolute Gasteiger partial charge is 0.495 e. The molecule has 1 aromatic carbocycles. The second-order valence-electron chi connectivity index (χ2n) is 4.86. The maximum absolute atomic E-state index is 12.3. The van der Waals surface area contributed by atoms with Crippen LogP contribution in [0.5, 0.6) is 5.75 Å². The summed E-state index contributed by atoms with van der Waals surface area (Å²) >= 11 is 0. The van der Waals surface area contributed by atoms with Gasteiger partial charge in [0.1, 0.15) is 5.75 Å². The Morgan fingerprint density at radius 1 is 1.26 bits per heavy atom. The summed E-state index contributed by atoms with van der Waals surface area (Å²) in [5, 5.41) is 0. The van der Waals surface area contributed by atoms with Crippen molar-refractivity contribution < 1.29 is 13.2 Å². The van der Waals surface area contributed by atoms with Crippen LogP contribution in [0.25, 0.3) is 0 Å². The van der Waals surface area contributed by atoms with Crippen molar-refractivity contribution in [1.82, 2.24) is 4.72 Å². The molecule has 0 radical (unpaired) electrons. The van der Waals surface area contributed by atoms with E-state index in [1.807, 2.05) is 0 Å². The van der Waals surface area contributed by atoms with Crippen LogP contribution in [-0.4, -0.2) is 21.6 Å². The predicted octanol–water partition coefficient (Wildman–Crippen LogP) is 1.89. The van der Waals surface area contributed by atoms with Gasteiger partial charge in [0.15, 0.2) is 0 Å². The summed E-state index contributed by atoms with van der Waals surface area (Å²) in [5.74, 6) is 0.381. The topological polar surface area (TPSA) is 81.4 Å². The molecule has 0 amide bonds. The quantitative estimate of drug-likeness (QED) is 0.827. The van der Waals surface area contributed by atoms with E-state index in [9.17, 15) is 8.42 Å².